The van der Waals surface area contributed by atoms with E-state index in [1.54, 1.807) is 0 Å². The first-order chi connectivity index (χ1) is 8.22. The molecule has 0 unspecified atom stereocenters. The number of carboxylic acid groups (broad SMARTS) is 1. The Morgan fingerprint density at radius 2 is 1.94 bits per heavy atom. The molecule has 0 spiro atoms. The SMILES string of the molecule is CCOCCOc1ccc(CCC(=O)O)cc1. The van der Waals surface area contributed by atoms with Crippen molar-refractivity contribution in [2.45, 2.75) is 19.8 Å². The van der Waals surface area contributed by atoms with Crippen molar-refractivity contribution in [3.63, 3.8) is 0 Å². The van der Waals surface area contributed by atoms with Gasteiger partial charge in [-0.1, -0.05) is 12.1 Å². The van der Waals surface area contributed by atoms with Crippen LogP contribution >= 0.6 is 0 Å². The van der Waals surface area contributed by atoms with E-state index in [-0.39, 0.29) is 6.42 Å². The van der Waals surface area contributed by atoms with E-state index >= 15 is 0 Å². The summed E-state index contributed by atoms with van der Waals surface area (Å²) < 4.78 is 10.6. The van der Waals surface area contributed by atoms with E-state index in [1.165, 1.54) is 0 Å². The lowest BCUT2D eigenvalue weighted by Crippen LogP contribution is -2.06. The molecule has 17 heavy (non-hydrogen) atoms. The second-order valence-corrected chi connectivity index (χ2v) is 3.58. The minimum Gasteiger partial charge on any atom is -0.491 e. The van der Waals surface area contributed by atoms with Gasteiger partial charge in [-0.3, -0.25) is 4.79 Å². The summed E-state index contributed by atoms with van der Waals surface area (Å²) in [5.74, 6) is 0.00539. The summed E-state index contributed by atoms with van der Waals surface area (Å²) in [7, 11) is 0. The molecular weight excluding hydrogens is 220 g/mol. The van der Waals surface area contributed by atoms with Crippen LogP contribution in [0, 0.1) is 0 Å². The van der Waals surface area contributed by atoms with Crippen LogP contribution in [0.4, 0.5) is 0 Å². The van der Waals surface area contributed by atoms with E-state index in [9.17, 15) is 4.79 Å². The van der Waals surface area contributed by atoms with Crippen LogP contribution in [0.15, 0.2) is 24.3 Å². The summed E-state index contributed by atoms with van der Waals surface area (Å²) in [6.07, 6.45) is 0.707. The highest BCUT2D eigenvalue weighted by Crippen LogP contribution is 2.13. The Balaban J connectivity index is 2.31. The number of carboxylic acids is 1. The van der Waals surface area contributed by atoms with Gasteiger partial charge in [0.2, 0.25) is 0 Å². The van der Waals surface area contributed by atoms with Crippen molar-refractivity contribution in [2.75, 3.05) is 19.8 Å². The van der Waals surface area contributed by atoms with Gasteiger partial charge in [0.05, 0.1) is 6.61 Å². The Morgan fingerprint density at radius 3 is 2.53 bits per heavy atom. The smallest absolute Gasteiger partial charge is 0.303 e. The van der Waals surface area contributed by atoms with Gasteiger partial charge in [0.1, 0.15) is 12.4 Å². The van der Waals surface area contributed by atoms with Gasteiger partial charge in [-0.05, 0) is 31.0 Å². The zero-order valence-corrected chi connectivity index (χ0v) is 10.0. The second kappa shape index (κ2) is 7.68. The van der Waals surface area contributed by atoms with Crippen LogP contribution in [0.5, 0.6) is 5.75 Å². The largest absolute Gasteiger partial charge is 0.491 e. The molecule has 1 N–H and O–H groups in total. The Labute approximate surface area is 101 Å². The van der Waals surface area contributed by atoms with Gasteiger partial charge in [0.15, 0.2) is 0 Å². The van der Waals surface area contributed by atoms with Crippen molar-refractivity contribution >= 4 is 5.97 Å². The van der Waals surface area contributed by atoms with Crippen molar-refractivity contribution < 1.29 is 19.4 Å². The molecule has 0 saturated heterocycles. The molecule has 0 bridgehead atoms. The second-order valence-electron chi connectivity index (χ2n) is 3.58. The monoisotopic (exact) mass is 238 g/mol. The molecule has 0 atom stereocenters. The van der Waals surface area contributed by atoms with Crippen molar-refractivity contribution in [3.05, 3.63) is 29.8 Å². The number of ether oxygens (including phenoxy) is 2. The molecule has 0 heterocycles. The molecule has 1 aromatic carbocycles. The zero-order valence-electron chi connectivity index (χ0n) is 10.0. The highest BCUT2D eigenvalue weighted by molar-refractivity contribution is 5.67. The van der Waals surface area contributed by atoms with Crippen LogP contribution < -0.4 is 4.74 Å². The Hall–Kier alpha value is -1.55. The fraction of sp³-hybridized carbons (Fsp3) is 0.462. The molecule has 4 heteroatoms. The number of aliphatic carboxylic acids is 1. The molecule has 0 aliphatic carbocycles. The maximum absolute atomic E-state index is 10.4. The molecule has 0 fully saturated rings. The molecule has 0 aromatic heterocycles. The van der Waals surface area contributed by atoms with E-state index < -0.39 is 5.97 Å². The van der Waals surface area contributed by atoms with Crippen molar-refractivity contribution in [1.29, 1.82) is 0 Å². The normalized spacial score (nSPS) is 10.2. The van der Waals surface area contributed by atoms with Crippen LogP contribution in [0.1, 0.15) is 18.9 Å². The highest BCUT2D eigenvalue weighted by atomic mass is 16.5. The van der Waals surface area contributed by atoms with Crippen molar-refractivity contribution in [2.24, 2.45) is 0 Å². The standard InChI is InChI=1S/C13H18O4/c1-2-16-9-10-17-12-6-3-11(4-7-12)5-8-13(14)15/h3-4,6-7H,2,5,8-10H2,1H3,(H,14,15). The lowest BCUT2D eigenvalue weighted by Gasteiger charge is -2.06. The molecule has 0 aliphatic heterocycles. The van der Waals surface area contributed by atoms with Gasteiger partial charge in [-0.25, -0.2) is 0 Å². The van der Waals surface area contributed by atoms with Gasteiger partial charge in [0, 0.05) is 13.0 Å². The average Bonchev–Trinajstić information content (AvgIpc) is 2.33. The number of benzene rings is 1. The predicted molar refractivity (Wildman–Crippen MR) is 64.4 cm³/mol. The molecule has 94 valence electrons. The summed E-state index contributed by atoms with van der Waals surface area (Å²) >= 11 is 0. The van der Waals surface area contributed by atoms with Crippen LogP contribution in [0.2, 0.25) is 0 Å². The average molecular weight is 238 g/mol. The Kier molecular flexibility index (Phi) is 6.10. The number of rotatable bonds is 8. The molecule has 4 nitrogen and oxygen atoms in total. The quantitative estimate of drug-likeness (QED) is 0.705. The molecule has 0 amide bonds. The number of carbonyl (C=O) groups is 1. The fourth-order valence-corrected chi connectivity index (χ4v) is 1.37. The highest BCUT2D eigenvalue weighted by Gasteiger charge is 1.99. The number of aryl methyl sites for hydroxylation is 1. The Bertz CT molecular complexity index is 332. The van der Waals surface area contributed by atoms with Crippen LogP contribution in [-0.4, -0.2) is 30.9 Å². The van der Waals surface area contributed by atoms with E-state index in [0.717, 1.165) is 11.3 Å². The summed E-state index contributed by atoms with van der Waals surface area (Å²) in [6, 6.07) is 7.48. The van der Waals surface area contributed by atoms with Crippen LogP contribution in [0.3, 0.4) is 0 Å². The van der Waals surface area contributed by atoms with E-state index in [2.05, 4.69) is 0 Å². The molecule has 1 aromatic rings. The minimum atomic E-state index is -0.776. The number of hydrogen-bond acceptors (Lipinski definition) is 3. The Morgan fingerprint density at radius 1 is 1.24 bits per heavy atom. The van der Waals surface area contributed by atoms with Gasteiger partial charge in [-0.15, -0.1) is 0 Å². The first kappa shape index (κ1) is 13.5. The van der Waals surface area contributed by atoms with Gasteiger partial charge >= 0.3 is 5.97 Å². The maximum Gasteiger partial charge on any atom is 0.303 e. The summed E-state index contributed by atoms with van der Waals surface area (Å²) in [5.41, 5.74) is 1.00. The third-order valence-corrected chi connectivity index (χ3v) is 2.25. The van der Waals surface area contributed by atoms with E-state index in [4.69, 9.17) is 14.6 Å². The third-order valence-electron chi connectivity index (χ3n) is 2.25. The molecular formula is C13H18O4. The van der Waals surface area contributed by atoms with E-state index in [0.29, 0.717) is 26.2 Å². The molecule has 0 aliphatic rings. The lowest BCUT2D eigenvalue weighted by atomic mass is 10.1. The van der Waals surface area contributed by atoms with Gasteiger partial charge < -0.3 is 14.6 Å². The summed E-state index contributed by atoms with van der Waals surface area (Å²) in [5, 5.41) is 8.56. The van der Waals surface area contributed by atoms with E-state index in [1.807, 2.05) is 31.2 Å². The van der Waals surface area contributed by atoms with Crippen LogP contribution in [-0.2, 0) is 16.0 Å². The zero-order chi connectivity index (χ0) is 12.5. The third kappa shape index (κ3) is 5.92. The summed E-state index contributed by atoms with van der Waals surface area (Å²) in [6.45, 7) is 3.74. The maximum atomic E-state index is 10.4. The first-order valence-electron chi connectivity index (χ1n) is 5.73. The molecule has 0 radical (unpaired) electrons. The first-order valence-corrected chi connectivity index (χ1v) is 5.73. The topological polar surface area (TPSA) is 55.8 Å². The van der Waals surface area contributed by atoms with Gasteiger partial charge in [0.25, 0.3) is 0 Å². The van der Waals surface area contributed by atoms with Crippen molar-refractivity contribution in [1.82, 2.24) is 0 Å². The fourth-order valence-electron chi connectivity index (χ4n) is 1.37. The predicted octanol–water partition coefficient (Wildman–Crippen LogP) is 2.12. The number of hydrogen-bond donors (Lipinski definition) is 1. The van der Waals surface area contributed by atoms with Crippen LogP contribution in [0.25, 0.3) is 0 Å². The lowest BCUT2D eigenvalue weighted by molar-refractivity contribution is -0.136. The van der Waals surface area contributed by atoms with Crippen molar-refractivity contribution in [3.8, 4) is 5.75 Å². The summed E-state index contributed by atoms with van der Waals surface area (Å²) in [4.78, 5) is 10.4. The molecule has 0 saturated carbocycles. The molecule has 1 rings (SSSR count). The van der Waals surface area contributed by atoms with Gasteiger partial charge in [-0.2, -0.15) is 0 Å². The minimum absolute atomic E-state index is 0.157.